The van der Waals surface area contributed by atoms with Gasteiger partial charge in [-0.3, -0.25) is 9.78 Å². The smallest absolute Gasteiger partial charge is 0.230 e. The van der Waals surface area contributed by atoms with Crippen molar-refractivity contribution in [2.75, 3.05) is 36.5 Å². The molecule has 2 aliphatic rings. The largest absolute Gasteiger partial charge is 0.494 e. The van der Waals surface area contributed by atoms with Crippen LogP contribution in [0.15, 0.2) is 48.7 Å². The summed E-state index contributed by atoms with van der Waals surface area (Å²) in [5.41, 5.74) is 5.67. The number of benzene rings is 2. The van der Waals surface area contributed by atoms with Crippen molar-refractivity contribution in [3.8, 4) is 5.75 Å². The fourth-order valence-corrected chi connectivity index (χ4v) is 5.00. The van der Waals surface area contributed by atoms with Crippen LogP contribution in [0, 0.1) is 12.8 Å². The molecule has 0 aliphatic carbocycles. The van der Waals surface area contributed by atoms with Gasteiger partial charge in [0.05, 0.1) is 12.8 Å². The standard InChI is InChI=1S/C25H27N3O2/c1-17-16-26-23-20(7-5-9-22(23)30-2)24(17)27-13-10-19(11-14-27)25(29)28-15-12-18-6-3-4-8-21(18)28/h3-9,16,19H,10-15H2,1-2H3. The molecule has 5 rings (SSSR count). The van der Waals surface area contributed by atoms with Crippen LogP contribution in [0.4, 0.5) is 11.4 Å². The minimum absolute atomic E-state index is 0.0929. The van der Waals surface area contributed by atoms with E-state index in [0.29, 0.717) is 0 Å². The number of anilines is 2. The Balaban J connectivity index is 1.36. The molecule has 3 aromatic rings. The second-order valence-corrected chi connectivity index (χ2v) is 8.28. The number of aromatic nitrogens is 1. The van der Waals surface area contributed by atoms with E-state index in [0.717, 1.165) is 66.8 Å². The number of hydrogen-bond donors (Lipinski definition) is 0. The topological polar surface area (TPSA) is 45.7 Å². The normalized spacial score (nSPS) is 16.7. The number of methoxy groups -OCH3 is 1. The highest BCUT2D eigenvalue weighted by atomic mass is 16.5. The lowest BCUT2D eigenvalue weighted by atomic mass is 9.94. The van der Waals surface area contributed by atoms with Crippen LogP contribution in [-0.4, -0.2) is 37.6 Å². The molecule has 2 aliphatic heterocycles. The first-order valence-corrected chi connectivity index (χ1v) is 10.7. The van der Waals surface area contributed by atoms with Crippen LogP contribution >= 0.6 is 0 Å². The summed E-state index contributed by atoms with van der Waals surface area (Å²) in [6.45, 7) is 4.68. The van der Waals surface area contributed by atoms with Crippen molar-refractivity contribution in [1.82, 2.24) is 4.98 Å². The van der Waals surface area contributed by atoms with E-state index in [1.165, 1.54) is 11.3 Å². The Morgan fingerprint density at radius 1 is 1.07 bits per heavy atom. The number of piperidine rings is 1. The Hall–Kier alpha value is -3.08. The van der Waals surface area contributed by atoms with Gasteiger partial charge in [0.25, 0.3) is 0 Å². The van der Waals surface area contributed by atoms with Crippen molar-refractivity contribution in [3.63, 3.8) is 0 Å². The number of pyridine rings is 1. The number of rotatable bonds is 3. The molecule has 0 spiro atoms. The molecule has 2 aromatic carbocycles. The van der Waals surface area contributed by atoms with Gasteiger partial charge in [0, 0.05) is 42.8 Å². The third-order valence-electron chi connectivity index (χ3n) is 6.55. The quantitative estimate of drug-likeness (QED) is 0.654. The van der Waals surface area contributed by atoms with Crippen LogP contribution in [0.1, 0.15) is 24.0 Å². The summed E-state index contributed by atoms with van der Waals surface area (Å²) < 4.78 is 5.51. The monoisotopic (exact) mass is 401 g/mol. The lowest BCUT2D eigenvalue weighted by molar-refractivity contribution is -0.122. The molecule has 30 heavy (non-hydrogen) atoms. The van der Waals surface area contributed by atoms with Gasteiger partial charge in [-0.05, 0) is 49.4 Å². The molecule has 5 heteroatoms. The number of aryl methyl sites for hydroxylation is 1. The molecule has 0 unspecified atom stereocenters. The van der Waals surface area contributed by atoms with Gasteiger partial charge in [-0.1, -0.05) is 30.3 Å². The van der Waals surface area contributed by atoms with Gasteiger partial charge in [-0.2, -0.15) is 0 Å². The zero-order chi connectivity index (χ0) is 20.7. The molecule has 0 bridgehead atoms. The molecule has 0 atom stereocenters. The predicted octanol–water partition coefficient (Wildman–Crippen LogP) is 4.36. The number of fused-ring (bicyclic) bond motifs is 2. The number of amides is 1. The number of ether oxygens (including phenoxy) is 1. The molecule has 154 valence electrons. The first-order valence-electron chi connectivity index (χ1n) is 10.7. The molecule has 0 saturated carbocycles. The first-order chi connectivity index (χ1) is 14.7. The van der Waals surface area contributed by atoms with Gasteiger partial charge in [0.1, 0.15) is 11.3 Å². The fourth-order valence-electron chi connectivity index (χ4n) is 5.00. The Labute approximate surface area is 177 Å². The Kier molecular flexibility index (Phi) is 4.81. The molecular weight excluding hydrogens is 374 g/mol. The van der Waals surface area contributed by atoms with Crippen molar-refractivity contribution in [2.45, 2.75) is 26.2 Å². The summed E-state index contributed by atoms with van der Waals surface area (Å²) in [4.78, 5) is 22.3. The summed E-state index contributed by atoms with van der Waals surface area (Å²) in [6, 6.07) is 14.4. The van der Waals surface area contributed by atoms with Crippen molar-refractivity contribution >= 4 is 28.2 Å². The molecule has 1 fully saturated rings. The summed E-state index contributed by atoms with van der Waals surface area (Å²) in [6.07, 6.45) is 4.65. The SMILES string of the molecule is COc1cccc2c(N3CCC(C(=O)N4CCc5ccccc54)CC3)c(C)cnc12. The van der Waals surface area contributed by atoms with Crippen LogP contribution in [-0.2, 0) is 11.2 Å². The molecular formula is C25H27N3O2. The van der Waals surface area contributed by atoms with Gasteiger partial charge in [0.2, 0.25) is 5.91 Å². The van der Waals surface area contributed by atoms with E-state index >= 15 is 0 Å². The maximum atomic E-state index is 13.2. The van der Waals surface area contributed by atoms with E-state index in [1.807, 2.05) is 29.3 Å². The summed E-state index contributed by atoms with van der Waals surface area (Å²) in [5, 5.41) is 1.12. The Morgan fingerprint density at radius 3 is 2.67 bits per heavy atom. The van der Waals surface area contributed by atoms with Crippen molar-refractivity contribution in [3.05, 3.63) is 59.8 Å². The van der Waals surface area contributed by atoms with E-state index in [2.05, 4.69) is 41.1 Å². The number of carbonyl (C=O) groups excluding carboxylic acids is 1. The highest BCUT2D eigenvalue weighted by Crippen LogP contribution is 2.37. The van der Waals surface area contributed by atoms with Crippen LogP contribution in [0.25, 0.3) is 10.9 Å². The summed E-state index contributed by atoms with van der Waals surface area (Å²) in [5.74, 6) is 1.18. The highest BCUT2D eigenvalue weighted by Gasteiger charge is 2.33. The highest BCUT2D eigenvalue weighted by molar-refractivity contribution is 5.98. The third kappa shape index (κ3) is 3.09. The maximum absolute atomic E-state index is 13.2. The Morgan fingerprint density at radius 2 is 1.87 bits per heavy atom. The number of carbonyl (C=O) groups is 1. The molecule has 1 amide bonds. The number of nitrogens with zero attached hydrogens (tertiary/aromatic N) is 3. The molecule has 1 aromatic heterocycles. The van der Waals surface area contributed by atoms with Crippen LogP contribution in [0.2, 0.25) is 0 Å². The second-order valence-electron chi connectivity index (χ2n) is 8.28. The fraction of sp³-hybridized carbons (Fsp3) is 0.360. The average molecular weight is 402 g/mol. The van der Waals surface area contributed by atoms with Gasteiger partial charge in [0.15, 0.2) is 0 Å². The molecule has 0 N–H and O–H groups in total. The van der Waals surface area contributed by atoms with E-state index in [9.17, 15) is 4.79 Å². The van der Waals surface area contributed by atoms with Crippen molar-refractivity contribution < 1.29 is 9.53 Å². The third-order valence-corrected chi connectivity index (χ3v) is 6.55. The minimum atomic E-state index is 0.0929. The second kappa shape index (κ2) is 7.63. The first kappa shape index (κ1) is 18.9. The van der Waals surface area contributed by atoms with E-state index in [4.69, 9.17) is 4.74 Å². The summed E-state index contributed by atoms with van der Waals surface area (Å²) >= 11 is 0. The van der Waals surface area contributed by atoms with Crippen LogP contribution in [0.3, 0.4) is 0 Å². The van der Waals surface area contributed by atoms with Crippen molar-refractivity contribution in [1.29, 1.82) is 0 Å². The van der Waals surface area contributed by atoms with Gasteiger partial charge < -0.3 is 14.5 Å². The Bertz CT molecular complexity index is 1100. The lowest BCUT2D eigenvalue weighted by Gasteiger charge is -2.36. The van der Waals surface area contributed by atoms with Crippen LogP contribution in [0.5, 0.6) is 5.75 Å². The molecule has 5 nitrogen and oxygen atoms in total. The van der Waals surface area contributed by atoms with Gasteiger partial charge >= 0.3 is 0 Å². The lowest BCUT2D eigenvalue weighted by Crippen LogP contribution is -2.42. The van der Waals surface area contributed by atoms with Gasteiger partial charge in [-0.15, -0.1) is 0 Å². The van der Waals surface area contributed by atoms with Crippen molar-refractivity contribution in [2.24, 2.45) is 5.92 Å². The molecule has 0 radical (unpaired) electrons. The predicted molar refractivity (Wildman–Crippen MR) is 120 cm³/mol. The average Bonchev–Trinajstić information content (AvgIpc) is 3.22. The summed E-state index contributed by atoms with van der Waals surface area (Å²) in [7, 11) is 1.68. The number of para-hydroxylation sites is 2. The molecule has 1 saturated heterocycles. The number of hydrogen-bond acceptors (Lipinski definition) is 4. The van der Waals surface area contributed by atoms with E-state index in [1.54, 1.807) is 7.11 Å². The zero-order valence-electron chi connectivity index (χ0n) is 17.6. The maximum Gasteiger partial charge on any atom is 0.230 e. The van der Waals surface area contributed by atoms with E-state index in [-0.39, 0.29) is 11.8 Å². The van der Waals surface area contributed by atoms with Gasteiger partial charge in [-0.25, -0.2) is 0 Å². The van der Waals surface area contributed by atoms with E-state index < -0.39 is 0 Å². The minimum Gasteiger partial charge on any atom is -0.494 e. The van der Waals surface area contributed by atoms with Crippen LogP contribution < -0.4 is 14.5 Å². The zero-order valence-corrected chi connectivity index (χ0v) is 17.6. The molecule has 3 heterocycles.